The summed E-state index contributed by atoms with van der Waals surface area (Å²) in [5.74, 6) is 1.46. The molecular weight excluding hydrogens is 434 g/mol. The lowest BCUT2D eigenvalue weighted by Gasteiger charge is -2.10. The molecule has 174 valence electrons. The lowest BCUT2D eigenvalue weighted by molar-refractivity contribution is 0.0951. The standard InChI is InChI=1S/C23H25N9O2/c1-31(2)12-11-24-23(33)17-9-7-16(8-10-17)13-27-30-21-18-14-28-32(22(18)26-15-25-21)19-5-4-6-20(29-19)34-3/h4-10,13-15H,11-12H2,1-3H3,(H,24,33)(H,25,26,30)/b27-13+. The maximum absolute atomic E-state index is 12.2. The van der Waals surface area contributed by atoms with E-state index in [0.717, 1.165) is 12.1 Å². The summed E-state index contributed by atoms with van der Waals surface area (Å²) in [6, 6.07) is 12.6. The van der Waals surface area contributed by atoms with Crippen LogP contribution in [-0.2, 0) is 0 Å². The summed E-state index contributed by atoms with van der Waals surface area (Å²) in [5.41, 5.74) is 4.95. The zero-order chi connectivity index (χ0) is 23.9. The summed E-state index contributed by atoms with van der Waals surface area (Å²) in [7, 11) is 5.49. The zero-order valence-corrected chi connectivity index (χ0v) is 19.1. The van der Waals surface area contributed by atoms with Gasteiger partial charge in [0.25, 0.3) is 5.91 Å². The van der Waals surface area contributed by atoms with Crippen molar-refractivity contribution >= 4 is 29.0 Å². The van der Waals surface area contributed by atoms with Crippen LogP contribution in [0.2, 0.25) is 0 Å². The van der Waals surface area contributed by atoms with Gasteiger partial charge < -0.3 is 15.0 Å². The molecule has 0 unspecified atom stereocenters. The van der Waals surface area contributed by atoms with E-state index in [-0.39, 0.29) is 5.91 Å². The molecule has 1 amide bonds. The highest BCUT2D eigenvalue weighted by Gasteiger charge is 2.12. The SMILES string of the molecule is COc1cccc(-n2ncc3c(N/N=C/c4ccc(C(=O)NCCN(C)C)cc4)ncnc32)n1. The number of hydrogen-bond acceptors (Lipinski definition) is 9. The minimum Gasteiger partial charge on any atom is -0.481 e. The number of hydrogen-bond donors (Lipinski definition) is 2. The number of likely N-dealkylation sites (N-methyl/N-ethyl adjacent to an activating group) is 1. The van der Waals surface area contributed by atoms with Crippen molar-refractivity contribution in [3.8, 4) is 11.7 Å². The van der Waals surface area contributed by atoms with E-state index in [2.05, 4.69) is 35.9 Å². The summed E-state index contributed by atoms with van der Waals surface area (Å²) in [4.78, 5) is 27.2. The third-order valence-corrected chi connectivity index (χ3v) is 4.90. The van der Waals surface area contributed by atoms with Gasteiger partial charge in [0.1, 0.15) is 6.33 Å². The summed E-state index contributed by atoms with van der Waals surface area (Å²) in [6.07, 6.45) is 4.73. The van der Waals surface area contributed by atoms with Crippen LogP contribution in [0, 0.1) is 0 Å². The molecule has 1 aromatic carbocycles. The van der Waals surface area contributed by atoms with Gasteiger partial charge in [0.15, 0.2) is 17.3 Å². The van der Waals surface area contributed by atoms with Crippen molar-refractivity contribution in [3.63, 3.8) is 0 Å². The van der Waals surface area contributed by atoms with Crippen molar-refractivity contribution < 1.29 is 9.53 Å². The second-order valence-corrected chi connectivity index (χ2v) is 7.61. The van der Waals surface area contributed by atoms with Crippen molar-refractivity contribution in [2.75, 3.05) is 39.7 Å². The van der Waals surface area contributed by atoms with E-state index >= 15 is 0 Å². The molecule has 0 saturated heterocycles. The largest absolute Gasteiger partial charge is 0.481 e. The van der Waals surface area contributed by atoms with Crippen LogP contribution in [0.1, 0.15) is 15.9 Å². The van der Waals surface area contributed by atoms with Crippen molar-refractivity contribution in [3.05, 3.63) is 66.1 Å². The van der Waals surface area contributed by atoms with Crippen molar-refractivity contribution in [1.29, 1.82) is 0 Å². The second-order valence-electron chi connectivity index (χ2n) is 7.61. The van der Waals surface area contributed by atoms with Gasteiger partial charge in [-0.05, 0) is 37.9 Å². The van der Waals surface area contributed by atoms with Gasteiger partial charge in [0, 0.05) is 24.7 Å². The lowest BCUT2D eigenvalue weighted by Crippen LogP contribution is -2.31. The fourth-order valence-corrected chi connectivity index (χ4v) is 3.12. The number of benzene rings is 1. The summed E-state index contributed by atoms with van der Waals surface area (Å²) >= 11 is 0. The quantitative estimate of drug-likeness (QED) is 0.288. The van der Waals surface area contributed by atoms with Crippen molar-refractivity contribution in [1.82, 2.24) is 34.9 Å². The number of nitrogens with one attached hydrogen (secondary N) is 2. The maximum Gasteiger partial charge on any atom is 0.251 e. The van der Waals surface area contributed by atoms with E-state index in [1.54, 1.807) is 42.4 Å². The minimum absolute atomic E-state index is 0.102. The van der Waals surface area contributed by atoms with Gasteiger partial charge in [-0.15, -0.1) is 0 Å². The first-order valence-corrected chi connectivity index (χ1v) is 10.6. The van der Waals surface area contributed by atoms with E-state index in [1.165, 1.54) is 6.33 Å². The number of aromatic nitrogens is 5. The highest BCUT2D eigenvalue weighted by atomic mass is 16.5. The molecule has 0 atom stereocenters. The number of ether oxygens (including phenoxy) is 1. The van der Waals surface area contributed by atoms with Crippen LogP contribution in [0.5, 0.6) is 5.88 Å². The van der Waals surface area contributed by atoms with E-state index < -0.39 is 0 Å². The number of hydrazone groups is 1. The number of pyridine rings is 1. The highest BCUT2D eigenvalue weighted by molar-refractivity contribution is 5.95. The van der Waals surface area contributed by atoms with Crippen LogP contribution in [-0.4, -0.2) is 76.0 Å². The first-order chi connectivity index (χ1) is 16.5. The Morgan fingerprint density at radius 2 is 2.00 bits per heavy atom. The summed E-state index contributed by atoms with van der Waals surface area (Å²) < 4.78 is 6.80. The number of fused-ring (bicyclic) bond motifs is 1. The number of carbonyl (C=O) groups excluding carboxylic acids is 1. The van der Waals surface area contributed by atoms with Crippen LogP contribution in [0.4, 0.5) is 5.82 Å². The highest BCUT2D eigenvalue weighted by Crippen LogP contribution is 2.21. The van der Waals surface area contributed by atoms with Gasteiger partial charge in [-0.3, -0.25) is 10.2 Å². The Morgan fingerprint density at radius 3 is 2.76 bits per heavy atom. The van der Waals surface area contributed by atoms with Crippen LogP contribution in [0.25, 0.3) is 16.9 Å². The molecule has 4 aromatic rings. The predicted octanol–water partition coefficient (Wildman–Crippen LogP) is 1.96. The molecule has 3 heterocycles. The Balaban J connectivity index is 1.44. The maximum atomic E-state index is 12.2. The number of anilines is 1. The van der Waals surface area contributed by atoms with Gasteiger partial charge >= 0.3 is 0 Å². The van der Waals surface area contributed by atoms with E-state index in [0.29, 0.717) is 40.7 Å². The fourth-order valence-electron chi connectivity index (χ4n) is 3.12. The smallest absolute Gasteiger partial charge is 0.251 e. The Hall–Kier alpha value is -4.38. The number of methoxy groups -OCH3 is 1. The molecule has 3 aromatic heterocycles. The first-order valence-electron chi connectivity index (χ1n) is 10.6. The molecule has 0 aliphatic carbocycles. The average Bonchev–Trinajstić information content (AvgIpc) is 3.29. The number of rotatable bonds is 9. The van der Waals surface area contributed by atoms with Crippen molar-refractivity contribution in [2.24, 2.45) is 5.10 Å². The molecule has 4 rings (SSSR count). The molecule has 0 fully saturated rings. The van der Waals surface area contributed by atoms with E-state index in [9.17, 15) is 4.79 Å². The topological polar surface area (TPSA) is 122 Å². The molecule has 0 saturated carbocycles. The molecule has 2 N–H and O–H groups in total. The fraction of sp³-hybridized carbons (Fsp3) is 0.217. The van der Waals surface area contributed by atoms with Crippen LogP contribution in [0.15, 0.2) is 60.1 Å². The van der Waals surface area contributed by atoms with E-state index in [4.69, 9.17) is 4.74 Å². The molecule has 0 aliphatic rings. The predicted molar refractivity (Wildman–Crippen MR) is 130 cm³/mol. The molecule has 0 spiro atoms. The van der Waals surface area contributed by atoms with Crippen LogP contribution >= 0.6 is 0 Å². The molecule has 0 aliphatic heterocycles. The van der Waals surface area contributed by atoms with Crippen LogP contribution < -0.4 is 15.5 Å². The Labute approximate surface area is 196 Å². The Morgan fingerprint density at radius 1 is 1.18 bits per heavy atom. The third-order valence-electron chi connectivity index (χ3n) is 4.90. The normalized spacial score (nSPS) is 11.3. The van der Waals surface area contributed by atoms with Crippen LogP contribution in [0.3, 0.4) is 0 Å². The number of nitrogens with zero attached hydrogens (tertiary/aromatic N) is 7. The lowest BCUT2D eigenvalue weighted by atomic mass is 10.1. The molecule has 11 heteroatoms. The van der Waals surface area contributed by atoms with Gasteiger partial charge in [-0.2, -0.15) is 19.9 Å². The van der Waals surface area contributed by atoms with Gasteiger partial charge in [0.05, 0.1) is 24.9 Å². The third kappa shape index (κ3) is 5.33. The monoisotopic (exact) mass is 459 g/mol. The molecule has 0 bridgehead atoms. The molecule has 34 heavy (non-hydrogen) atoms. The summed E-state index contributed by atoms with van der Waals surface area (Å²) in [6.45, 7) is 1.38. The molecule has 0 radical (unpaired) electrons. The minimum atomic E-state index is -0.102. The van der Waals surface area contributed by atoms with Gasteiger partial charge in [-0.25, -0.2) is 9.97 Å². The van der Waals surface area contributed by atoms with Gasteiger partial charge in [-0.1, -0.05) is 18.2 Å². The molecule has 11 nitrogen and oxygen atoms in total. The number of amides is 1. The van der Waals surface area contributed by atoms with E-state index in [1.807, 2.05) is 43.3 Å². The number of carbonyl (C=O) groups is 1. The first kappa shape index (κ1) is 22.8. The Bertz CT molecular complexity index is 1300. The second kappa shape index (κ2) is 10.5. The van der Waals surface area contributed by atoms with Crippen molar-refractivity contribution in [2.45, 2.75) is 0 Å². The zero-order valence-electron chi connectivity index (χ0n) is 19.1. The van der Waals surface area contributed by atoms with Gasteiger partial charge in [0.2, 0.25) is 5.88 Å². The molecular formula is C23H25N9O2. The average molecular weight is 460 g/mol. The Kier molecular flexibility index (Phi) is 7.04. The summed E-state index contributed by atoms with van der Waals surface area (Å²) in [5, 5.41) is 12.2.